The van der Waals surface area contributed by atoms with Crippen LogP contribution in [0.4, 0.5) is 0 Å². The molecule has 0 unspecified atom stereocenters. The highest BCUT2D eigenvalue weighted by Gasteiger charge is 2.38. The van der Waals surface area contributed by atoms with Gasteiger partial charge in [0.25, 0.3) is 0 Å². The second-order valence-electron chi connectivity index (χ2n) is 7.28. The summed E-state index contributed by atoms with van der Waals surface area (Å²) in [6.45, 7) is 5.65. The van der Waals surface area contributed by atoms with Crippen LogP contribution in [0.25, 0.3) is 0 Å². The molecule has 0 bridgehead atoms. The van der Waals surface area contributed by atoms with Gasteiger partial charge in [-0.25, -0.2) is 4.99 Å². The third-order valence-corrected chi connectivity index (χ3v) is 6.01. The monoisotopic (exact) mass is 420 g/mol. The van der Waals surface area contributed by atoms with E-state index in [1.165, 1.54) is 24.8 Å². The SMILES string of the molecule is CCNC(=NCC(=O)N1CCCC1)NCC1(c2cccc(Br)c2)CCC1. The Morgan fingerprint density at radius 3 is 2.62 bits per heavy atom. The van der Waals surface area contributed by atoms with E-state index in [4.69, 9.17) is 0 Å². The minimum absolute atomic E-state index is 0.130. The van der Waals surface area contributed by atoms with Gasteiger partial charge in [0, 0.05) is 36.1 Å². The highest BCUT2D eigenvalue weighted by Crippen LogP contribution is 2.43. The summed E-state index contributed by atoms with van der Waals surface area (Å²) in [5, 5.41) is 6.75. The van der Waals surface area contributed by atoms with Gasteiger partial charge in [0.1, 0.15) is 6.54 Å². The molecule has 0 atom stereocenters. The van der Waals surface area contributed by atoms with E-state index in [1.807, 2.05) is 11.8 Å². The number of hydrogen-bond acceptors (Lipinski definition) is 2. The molecule has 1 aliphatic heterocycles. The van der Waals surface area contributed by atoms with Crippen molar-refractivity contribution in [1.82, 2.24) is 15.5 Å². The zero-order chi connectivity index (χ0) is 18.4. The fraction of sp³-hybridized carbons (Fsp3) is 0.600. The van der Waals surface area contributed by atoms with Crippen LogP contribution < -0.4 is 10.6 Å². The van der Waals surface area contributed by atoms with Crippen LogP contribution in [0.1, 0.15) is 44.6 Å². The smallest absolute Gasteiger partial charge is 0.244 e. The Morgan fingerprint density at radius 1 is 1.23 bits per heavy atom. The summed E-state index contributed by atoms with van der Waals surface area (Å²) >= 11 is 3.59. The van der Waals surface area contributed by atoms with Gasteiger partial charge in [-0.15, -0.1) is 0 Å². The number of halogens is 1. The van der Waals surface area contributed by atoms with Crippen molar-refractivity contribution in [2.45, 2.75) is 44.4 Å². The van der Waals surface area contributed by atoms with Crippen molar-refractivity contribution in [1.29, 1.82) is 0 Å². The van der Waals surface area contributed by atoms with Gasteiger partial charge in [0.15, 0.2) is 5.96 Å². The first-order valence-electron chi connectivity index (χ1n) is 9.69. The van der Waals surface area contributed by atoms with Crippen molar-refractivity contribution in [3.63, 3.8) is 0 Å². The Bertz CT molecular complexity index is 651. The first kappa shape index (κ1) is 19.2. The lowest BCUT2D eigenvalue weighted by Crippen LogP contribution is -2.49. The molecule has 6 heteroatoms. The van der Waals surface area contributed by atoms with E-state index < -0.39 is 0 Å². The van der Waals surface area contributed by atoms with Gasteiger partial charge in [0.2, 0.25) is 5.91 Å². The zero-order valence-electron chi connectivity index (χ0n) is 15.6. The Hall–Kier alpha value is -1.56. The molecule has 1 saturated heterocycles. The minimum Gasteiger partial charge on any atom is -0.357 e. The summed E-state index contributed by atoms with van der Waals surface area (Å²) in [7, 11) is 0. The molecule has 1 saturated carbocycles. The first-order chi connectivity index (χ1) is 12.6. The van der Waals surface area contributed by atoms with E-state index in [9.17, 15) is 4.79 Å². The van der Waals surface area contributed by atoms with Crippen LogP contribution in [-0.4, -0.2) is 49.5 Å². The molecule has 2 aliphatic rings. The lowest BCUT2D eigenvalue weighted by Gasteiger charge is -2.43. The van der Waals surface area contributed by atoms with E-state index >= 15 is 0 Å². The molecule has 1 aliphatic carbocycles. The fourth-order valence-electron chi connectivity index (χ4n) is 3.80. The van der Waals surface area contributed by atoms with Crippen LogP contribution in [0.2, 0.25) is 0 Å². The standard InChI is InChI=1S/C20H29BrN4O/c1-2-22-19(23-14-18(26)25-11-3-4-12-25)24-15-20(9-6-10-20)16-7-5-8-17(21)13-16/h5,7-8,13H,2-4,6,9-12,14-15H2,1H3,(H2,22,23,24). The number of guanidine groups is 1. The van der Waals surface area contributed by atoms with Gasteiger partial charge in [-0.2, -0.15) is 0 Å². The molecule has 1 amide bonds. The largest absolute Gasteiger partial charge is 0.357 e. The Morgan fingerprint density at radius 2 is 2.00 bits per heavy atom. The molecule has 3 rings (SSSR count). The number of nitrogens with zero attached hydrogens (tertiary/aromatic N) is 2. The molecule has 26 heavy (non-hydrogen) atoms. The number of nitrogens with one attached hydrogen (secondary N) is 2. The quantitative estimate of drug-likeness (QED) is 0.549. The Balaban J connectivity index is 1.61. The average Bonchev–Trinajstić information content (AvgIpc) is 3.13. The van der Waals surface area contributed by atoms with E-state index in [0.717, 1.165) is 49.5 Å². The van der Waals surface area contributed by atoms with Crippen LogP contribution in [0.3, 0.4) is 0 Å². The summed E-state index contributed by atoms with van der Waals surface area (Å²) in [5.74, 6) is 0.867. The third-order valence-electron chi connectivity index (χ3n) is 5.52. The van der Waals surface area contributed by atoms with Crippen LogP contribution in [0, 0.1) is 0 Å². The number of hydrogen-bond donors (Lipinski definition) is 2. The number of carbonyl (C=O) groups is 1. The van der Waals surface area contributed by atoms with Crippen LogP contribution in [0.5, 0.6) is 0 Å². The molecule has 2 N–H and O–H groups in total. The number of rotatable bonds is 6. The van der Waals surface area contributed by atoms with Crippen molar-refractivity contribution in [2.75, 3.05) is 32.7 Å². The maximum Gasteiger partial charge on any atom is 0.244 e. The van der Waals surface area contributed by atoms with Gasteiger partial charge in [-0.3, -0.25) is 4.79 Å². The molecule has 0 spiro atoms. The normalized spacial score (nSPS) is 19.2. The van der Waals surface area contributed by atoms with Gasteiger partial charge in [-0.05, 0) is 50.3 Å². The third kappa shape index (κ3) is 4.58. The van der Waals surface area contributed by atoms with Gasteiger partial charge >= 0.3 is 0 Å². The average molecular weight is 421 g/mol. The van der Waals surface area contributed by atoms with Crippen molar-refractivity contribution >= 4 is 27.8 Å². The van der Waals surface area contributed by atoms with Crippen molar-refractivity contribution < 1.29 is 4.79 Å². The van der Waals surface area contributed by atoms with Crippen molar-refractivity contribution in [3.8, 4) is 0 Å². The van der Waals surface area contributed by atoms with Gasteiger partial charge < -0.3 is 15.5 Å². The lowest BCUT2D eigenvalue weighted by molar-refractivity contribution is -0.128. The lowest BCUT2D eigenvalue weighted by atomic mass is 9.64. The molecule has 1 aromatic carbocycles. The van der Waals surface area contributed by atoms with Crippen molar-refractivity contribution in [3.05, 3.63) is 34.3 Å². The summed E-state index contributed by atoms with van der Waals surface area (Å²) in [4.78, 5) is 18.7. The topological polar surface area (TPSA) is 56.7 Å². The van der Waals surface area contributed by atoms with Gasteiger partial charge in [-0.1, -0.05) is 34.5 Å². The number of aliphatic imine (C=N–C) groups is 1. The van der Waals surface area contributed by atoms with E-state index in [-0.39, 0.29) is 17.9 Å². The van der Waals surface area contributed by atoms with Crippen LogP contribution in [-0.2, 0) is 10.2 Å². The number of benzene rings is 1. The second-order valence-corrected chi connectivity index (χ2v) is 8.20. The predicted molar refractivity (Wildman–Crippen MR) is 109 cm³/mol. The van der Waals surface area contributed by atoms with E-state index in [1.54, 1.807) is 0 Å². The van der Waals surface area contributed by atoms with Gasteiger partial charge in [0.05, 0.1) is 0 Å². The molecule has 142 valence electrons. The molecule has 0 aromatic heterocycles. The van der Waals surface area contributed by atoms with E-state index in [2.05, 4.69) is 55.8 Å². The molecule has 1 aromatic rings. The summed E-state index contributed by atoms with van der Waals surface area (Å²) in [6.07, 6.45) is 5.85. The zero-order valence-corrected chi connectivity index (χ0v) is 17.1. The maximum absolute atomic E-state index is 12.2. The molecular formula is C20H29BrN4O. The number of likely N-dealkylation sites (tertiary alicyclic amines) is 1. The Labute approximate surface area is 164 Å². The van der Waals surface area contributed by atoms with Crippen LogP contribution >= 0.6 is 15.9 Å². The summed E-state index contributed by atoms with van der Waals surface area (Å²) in [5.41, 5.74) is 1.54. The maximum atomic E-state index is 12.2. The fourth-order valence-corrected chi connectivity index (χ4v) is 4.20. The number of carbonyl (C=O) groups excluding carboxylic acids is 1. The minimum atomic E-state index is 0.130. The first-order valence-corrected chi connectivity index (χ1v) is 10.5. The highest BCUT2D eigenvalue weighted by atomic mass is 79.9. The molecular weight excluding hydrogens is 392 g/mol. The molecule has 1 heterocycles. The second kappa shape index (κ2) is 8.89. The molecule has 5 nitrogen and oxygen atoms in total. The summed E-state index contributed by atoms with van der Waals surface area (Å²) < 4.78 is 1.12. The Kier molecular flexibility index (Phi) is 6.57. The molecule has 2 fully saturated rings. The predicted octanol–water partition coefficient (Wildman–Crippen LogP) is 3.05. The summed E-state index contributed by atoms with van der Waals surface area (Å²) in [6, 6.07) is 8.61. The number of amides is 1. The highest BCUT2D eigenvalue weighted by molar-refractivity contribution is 9.10. The molecule has 0 radical (unpaired) electrons. The van der Waals surface area contributed by atoms with Crippen molar-refractivity contribution in [2.24, 2.45) is 4.99 Å². The van der Waals surface area contributed by atoms with E-state index in [0.29, 0.717) is 0 Å². The van der Waals surface area contributed by atoms with Crippen LogP contribution in [0.15, 0.2) is 33.7 Å².